The van der Waals surface area contributed by atoms with Crippen molar-refractivity contribution in [2.75, 3.05) is 27.0 Å². The molecule has 0 aliphatic carbocycles. The molecule has 0 bridgehead atoms. The summed E-state index contributed by atoms with van der Waals surface area (Å²) < 4.78 is 5.81. The van der Waals surface area contributed by atoms with Gasteiger partial charge in [0.2, 0.25) is 0 Å². The molecule has 0 aliphatic rings. The van der Waals surface area contributed by atoms with Crippen LogP contribution >= 0.6 is 11.8 Å². The molecule has 0 fully saturated rings. The second kappa shape index (κ2) is 7.28. The van der Waals surface area contributed by atoms with Gasteiger partial charge in [0.1, 0.15) is 0 Å². The monoisotopic (exact) mass is 300 g/mol. The molecule has 1 aromatic heterocycles. The fraction of sp³-hybridized carbons (Fsp3) is 0.667. The maximum atomic E-state index is 12.1. The van der Waals surface area contributed by atoms with Gasteiger partial charge in [-0.1, -0.05) is 25.6 Å². The first-order valence-corrected chi connectivity index (χ1v) is 7.27. The van der Waals surface area contributed by atoms with Gasteiger partial charge in [0.05, 0.1) is 12.9 Å². The molecule has 0 N–H and O–H groups in total. The van der Waals surface area contributed by atoms with Gasteiger partial charge < -0.3 is 9.64 Å². The van der Waals surface area contributed by atoms with Crippen molar-refractivity contribution in [3.8, 4) is 0 Å². The lowest BCUT2D eigenvalue weighted by molar-refractivity contribution is -0.137. The molecule has 1 unspecified atom stereocenters. The van der Waals surface area contributed by atoms with E-state index in [0.717, 1.165) is 18.2 Å². The Morgan fingerprint density at radius 2 is 2.10 bits per heavy atom. The molecule has 20 heavy (non-hydrogen) atoms. The number of rotatable bonds is 5. The number of aromatic nitrogens is 3. The van der Waals surface area contributed by atoms with E-state index in [1.54, 1.807) is 14.1 Å². The summed E-state index contributed by atoms with van der Waals surface area (Å²) >= 11 is 1.14. The van der Waals surface area contributed by atoms with Crippen LogP contribution in [0.5, 0.6) is 0 Å². The average Bonchev–Trinajstić information content (AvgIpc) is 2.86. The molecule has 0 saturated heterocycles. The smallest absolute Gasteiger partial charge is 0.346 e. The van der Waals surface area contributed by atoms with Crippen molar-refractivity contribution in [1.29, 1.82) is 0 Å². The number of carbonyl (C=O) groups is 2. The predicted octanol–water partition coefficient (Wildman–Crippen LogP) is 1.59. The third kappa shape index (κ3) is 3.96. The lowest BCUT2D eigenvalue weighted by atomic mass is 10.1. The van der Waals surface area contributed by atoms with Crippen molar-refractivity contribution in [2.24, 2.45) is 0 Å². The Kier molecular flexibility index (Phi) is 6.00. The van der Waals surface area contributed by atoms with Crippen molar-refractivity contribution >= 4 is 23.8 Å². The van der Waals surface area contributed by atoms with E-state index < -0.39 is 0 Å². The number of nitrogens with zero attached hydrogens (tertiary/aromatic N) is 4. The van der Waals surface area contributed by atoms with Crippen LogP contribution in [0.3, 0.4) is 0 Å². The van der Waals surface area contributed by atoms with Gasteiger partial charge in [-0.15, -0.1) is 5.10 Å². The quantitative estimate of drug-likeness (QED) is 0.607. The van der Waals surface area contributed by atoms with Crippen molar-refractivity contribution in [1.82, 2.24) is 19.7 Å². The van der Waals surface area contributed by atoms with Crippen LogP contribution in [0, 0.1) is 0 Å². The summed E-state index contributed by atoms with van der Waals surface area (Å²) in [6.45, 7) is 4.02. The molecule has 0 spiro atoms. The normalized spacial score (nSPS) is 12.1. The summed E-state index contributed by atoms with van der Waals surface area (Å²) in [5, 5.41) is 4.65. The highest BCUT2D eigenvalue weighted by molar-refractivity contribution is 7.99. The van der Waals surface area contributed by atoms with Crippen LogP contribution < -0.4 is 0 Å². The predicted molar refractivity (Wildman–Crippen MR) is 75.9 cm³/mol. The molecule has 1 heterocycles. The van der Waals surface area contributed by atoms with Crippen LogP contribution in [0.25, 0.3) is 0 Å². The zero-order valence-corrected chi connectivity index (χ0v) is 13.2. The van der Waals surface area contributed by atoms with Crippen LogP contribution in [0.4, 0.5) is 4.79 Å². The largest absolute Gasteiger partial charge is 0.468 e. The Balaban J connectivity index is 3.02. The Bertz CT molecular complexity index is 487. The lowest BCUT2D eigenvalue weighted by Gasteiger charge is -2.10. The van der Waals surface area contributed by atoms with Gasteiger partial charge in [-0.3, -0.25) is 4.79 Å². The number of thioether (sulfide) groups is 1. The fourth-order valence-corrected chi connectivity index (χ4v) is 2.06. The Hall–Kier alpha value is -1.57. The molecule has 0 aliphatic heterocycles. The molecule has 0 aromatic carbocycles. The molecule has 8 heteroatoms. The first kappa shape index (κ1) is 16.5. The van der Waals surface area contributed by atoms with Crippen LogP contribution in [-0.2, 0) is 9.53 Å². The Morgan fingerprint density at radius 1 is 1.45 bits per heavy atom. The minimum absolute atomic E-state index is 0.0931. The highest BCUT2D eigenvalue weighted by Crippen LogP contribution is 2.21. The van der Waals surface area contributed by atoms with Gasteiger partial charge in [0.25, 0.3) is 0 Å². The first-order valence-electron chi connectivity index (χ1n) is 6.28. The summed E-state index contributed by atoms with van der Waals surface area (Å²) in [6.07, 6.45) is 0.876. The fourth-order valence-electron chi connectivity index (χ4n) is 1.29. The van der Waals surface area contributed by atoms with Crippen molar-refractivity contribution < 1.29 is 14.3 Å². The van der Waals surface area contributed by atoms with E-state index in [0.29, 0.717) is 11.0 Å². The first-order chi connectivity index (χ1) is 9.40. The SMILES string of the molecule is CCC(C)c1nc(SCC(=O)OC)n(C(=O)N(C)C)n1. The molecule has 112 valence electrons. The van der Waals surface area contributed by atoms with Gasteiger partial charge in [-0.2, -0.15) is 4.68 Å². The molecule has 1 amide bonds. The summed E-state index contributed by atoms with van der Waals surface area (Å²) in [6, 6.07) is -0.292. The number of ether oxygens (including phenoxy) is 1. The van der Waals surface area contributed by atoms with Gasteiger partial charge in [0.15, 0.2) is 11.0 Å². The van der Waals surface area contributed by atoms with E-state index in [1.807, 2.05) is 13.8 Å². The molecule has 7 nitrogen and oxygen atoms in total. The van der Waals surface area contributed by atoms with Gasteiger partial charge in [-0.05, 0) is 6.42 Å². The molecular formula is C12H20N4O3S. The molecule has 0 saturated carbocycles. The molecule has 1 atom stereocenters. The number of hydrogen-bond donors (Lipinski definition) is 0. The van der Waals surface area contributed by atoms with E-state index in [1.165, 1.54) is 16.7 Å². The second-order valence-corrected chi connectivity index (χ2v) is 5.46. The van der Waals surface area contributed by atoms with E-state index in [-0.39, 0.29) is 23.7 Å². The third-order valence-electron chi connectivity index (χ3n) is 2.76. The van der Waals surface area contributed by atoms with Crippen LogP contribution in [0.15, 0.2) is 5.16 Å². The zero-order valence-electron chi connectivity index (χ0n) is 12.4. The van der Waals surface area contributed by atoms with Crippen molar-refractivity contribution in [3.05, 3.63) is 5.82 Å². The molecular weight excluding hydrogens is 280 g/mol. The summed E-state index contributed by atoms with van der Waals surface area (Å²) in [7, 11) is 4.60. The number of hydrogen-bond acceptors (Lipinski definition) is 6. The van der Waals surface area contributed by atoms with E-state index in [2.05, 4.69) is 14.8 Å². The lowest BCUT2D eigenvalue weighted by Crippen LogP contribution is -2.29. The average molecular weight is 300 g/mol. The van der Waals surface area contributed by atoms with E-state index in [4.69, 9.17) is 0 Å². The van der Waals surface area contributed by atoms with Crippen molar-refractivity contribution in [3.63, 3.8) is 0 Å². The second-order valence-electron chi connectivity index (χ2n) is 4.52. The molecule has 0 radical (unpaired) electrons. The van der Waals surface area contributed by atoms with Crippen LogP contribution in [-0.4, -0.2) is 58.6 Å². The van der Waals surface area contributed by atoms with Gasteiger partial charge in [0, 0.05) is 20.0 Å². The number of esters is 1. The van der Waals surface area contributed by atoms with E-state index >= 15 is 0 Å². The maximum Gasteiger partial charge on any atom is 0.346 e. The molecule has 1 aromatic rings. The van der Waals surface area contributed by atoms with E-state index in [9.17, 15) is 9.59 Å². The summed E-state index contributed by atoms with van der Waals surface area (Å²) in [4.78, 5) is 29.0. The minimum atomic E-state index is -0.369. The highest BCUT2D eigenvalue weighted by atomic mass is 32.2. The topological polar surface area (TPSA) is 77.3 Å². The van der Waals surface area contributed by atoms with Gasteiger partial charge in [-0.25, -0.2) is 9.78 Å². The molecule has 1 rings (SSSR count). The van der Waals surface area contributed by atoms with Gasteiger partial charge >= 0.3 is 12.0 Å². The Labute approximate surface area is 122 Å². The number of amides is 1. The summed E-state index contributed by atoms with van der Waals surface area (Å²) in [5.74, 6) is 0.487. The Morgan fingerprint density at radius 3 is 2.60 bits per heavy atom. The van der Waals surface area contributed by atoms with Crippen LogP contribution in [0.2, 0.25) is 0 Å². The minimum Gasteiger partial charge on any atom is -0.468 e. The number of methoxy groups -OCH3 is 1. The highest BCUT2D eigenvalue weighted by Gasteiger charge is 2.21. The van der Waals surface area contributed by atoms with Crippen LogP contribution in [0.1, 0.15) is 32.0 Å². The summed E-state index contributed by atoms with van der Waals surface area (Å²) in [5.41, 5.74) is 0. The third-order valence-corrected chi connectivity index (χ3v) is 3.66. The maximum absolute atomic E-state index is 12.1. The zero-order chi connectivity index (χ0) is 15.3. The standard InChI is InChI=1S/C12H20N4O3S/c1-6-8(2)10-13-11(20-7-9(17)19-5)16(14-10)12(18)15(3)4/h8H,6-7H2,1-5H3. The van der Waals surface area contributed by atoms with Crippen molar-refractivity contribution in [2.45, 2.75) is 31.3 Å². The number of carbonyl (C=O) groups excluding carboxylic acids is 2.